The van der Waals surface area contributed by atoms with Crippen molar-refractivity contribution >= 4 is 38.6 Å². The first-order chi connectivity index (χ1) is 5.75. The lowest BCUT2D eigenvalue weighted by Gasteiger charge is -1.84. The average Bonchev–Trinajstić information content (AvgIpc) is 2.58. The second-order valence-corrected chi connectivity index (χ2v) is 5.44. The maximum absolute atomic E-state index is 9.01. The summed E-state index contributed by atoms with van der Waals surface area (Å²) in [6.07, 6.45) is 0. The standard InChI is InChI=1S/C7H4BrNOS2/c8-5-2-1-4(12-5)7-9-6(10)3-11-7/h1-3,10H. The third kappa shape index (κ3) is 1.53. The Bertz CT molecular complexity index is 357. The van der Waals surface area contributed by atoms with Gasteiger partial charge in [0.15, 0.2) is 0 Å². The highest BCUT2D eigenvalue weighted by atomic mass is 79.9. The van der Waals surface area contributed by atoms with Gasteiger partial charge in [0, 0.05) is 0 Å². The molecule has 0 spiro atoms. The van der Waals surface area contributed by atoms with Crippen LogP contribution in [0.25, 0.3) is 9.88 Å². The summed E-state index contributed by atoms with van der Waals surface area (Å²) < 4.78 is 1.08. The number of aromatic hydroxyl groups is 1. The number of aromatic nitrogens is 1. The van der Waals surface area contributed by atoms with Crippen LogP contribution in [-0.4, -0.2) is 10.1 Å². The third-order valence-electron chi connectivity index (χ3n) is 1.28. The third-order valence-corrected chi connectivity index (χ3v) is 3.90. The molecule has 0 fully saturated rings. The molecule has 0 aliphatic carbocycles. The Morgan fingerprint density at radius 1 is 1.42 bits per heavy atom. The van der Waals surface area contributed by atoms with Crippen LogP contribution in [0.5, 0.6) is 5.88 Å². The zero-order valence-corrected chi connectivity index (χ0v) is 9.04. The van der Waals surface area contributed by atoms with E-state index in [1.54, 1.807) is 16.7 Å². The summed E-state index contributed by atoms with van der Waals surface area (Å²) in [5, 5.41) is 11.5. The summed E-state index contributed by atoms with van der Waals surface area (Å²) in [5.74, 6) is 0.0968. The maximum atomic E-state index is 9.01. The van der Waals surface area contributed by atoms with E-state index >= 15 is 0 Å². The monoisotopic (exact) mass is 261 g/mol. The molecule has 12 heavy (non-hydrogen) atoms. The lowest BCUT2D eigenvalue weighted by molar-refractivity contribution is 0.458. The van der Waals surface area contributed by atoms with Crippen molar-refractivity contribution in [2.45, 2.75) is 0 Å². The van der Waals surface area contributed by atoms with Crippen molar-refractivity contribution in [3.63, 3.8) is 0 Å². The van der Waals surface area contributed by atoms with Crippen LogP contribution >= 0.6 is 38.6 Å². The van der Waals surface area contributed by atoms with Gasteiger partial charge in [-0.25, -0.2) is 4.98 Å². The molecule has 0 bridgehead atoms. The van der Waals surface area contributed by atoms with Crippen molar-refractivity contribution < 1.29 is 5.11 Å². The minimum Gasteiger partial charge on any atom is -0.493 e. The largest absolute Gasteiger partial charge is 0.493 e. The van der Waals surface area contributed by atoms with Gasteiger partial charge in [0.05, 0.1) is 14.0 Å². The van der Waals surface area contributed by atoms with Crippen LogP contribution in [0.15, 0.2) is 21.3 Å². The lowest BCUT2D eigenvalue weighted by Crippen LogP contribution is -1.66. The van der Waals surface area contributed by atoms with Crippen LogP contribution in [0.3, 0.4) is 0 Å². The zero-order valence-electron chi connectivity index (χ0n) is 5.82. The highest BCUT2D eigenvalue weighted by Crippen LogP contribution is 2.34. The molecule has 0 atom stereocenters. The normalized spacial score (nSPS) is 10.4. The molecule has 2 aromatic heterocycles. The summed E-state index contributed by atoms with van der Waals surface area (Å²) in [5.41, 5.74) is 0. The molecule has 0 radical (unpaired) electrons. The molecule has 0 aliphatic heterocycles. The first-order valence-corrected chi connectivity index (χ1v) is 5.65. The first kappa shape index (κ1) is 8.22. The summed E-state index contributed by atoms with van der Waals surface area (Å²) in [4.78, 5) is 5.03. The summed E-state index contributed by atoms with van der Waals surface area (Å²) in [6, 6.07) is 3.95. The van der Waals surface area contributed by atoms with Crippen LogP contribution in [0.2, 0.25) is 0 Å². The molecule has 0 aromatic carbocycles. The molecule has 2 aromatic rings. The molecule has 0 unspecified atom stereocenters. The van der Waals surface area contributed by atoms with Gasteiger partial charge in [-0.05, 0) is 28.1 Å². The van der Waals surface area contributed by atoms with Crippen molar-refractivity contribution in [2.24, 2.45) is 0 Å². The van der Waals surface area contributed by atoms with Crippen molar-refractivity contribution in [3.05, 3.63) is 21.3 Å². The molecular formula is C7H4BrNOS2. The van der Waals surface area contributed by atoms with Gasteiger partial charge in [-0.2, -0.15) is 0 Å². The molecule has 0 aliphatic rings. The number of halogens is 1. The highest BCUT2D eigenvalue weighted by molar-refractivity contribution is 9.11. The number of hydrogen-bond donors (Lipinski definition) is 1. The van der Waals surface area contributed by atoms with E-state index in [4.69, 9.17) is 5.11 Å². The van der Waals surface area contributed by atoms with Crippen LogP contribution in [0.1, 0.15) is 0 Å². The second kappa shape index (κ2) is 3.16. The Kier molecular flexibility index (Phi) is 2.16. The van der Waals surface area contributed by atoms with Crippen molar-refractivity contribution in [1.82, 2.24) is 4.98 Å². The number of rotatable bonds is 1. The summed E-state index contributed by atoms with van der Waals surface area (Å²) in [7, 11) is 0. The summed E-state index contributed by atoms with van der Waals surface area (Å²) in [6.45, 7) is 0. The quantitative estimate of drug-likeness (QED) is 0.855. The van der Waals surface area contributed by atoms with Crippen LogP contribution in [-0.2, 0) is 0 Å². The minimum atomic E-state index is 0.0968. The van der Waals surface area contributed by atoms with Gasteiger partial charge < -0.3 is 5.11 Å². The van der Waals surface area contributed by atoms with Crippen LogP contribution in [0.4, 0.5) is 0 Å². The fourth-order valence-electron chi connectivity index (χ4n) is 0.808. The van der Waals surface area contributed by atoms with Gasteiger partial charge in [-0.15, -0.1) is 22.7 Å². The number of thiazole rings is 1. The lowest BCUT2D eigenvalue weighted by atomic mass is 10.5. The van der Waals surface area contributed by atoms with Crippen molar-refractivity contribution in [1.29, 1.82) is 0 Å². The Morgan fingerprint density at radius 3 is 2.75 bits per heavy atom. The highest BCUT2D eigenvalue weighted by Gasteiger charge is 2.05. The Morgan fingerprint density at radius 2 is 2.25 bits per heavy atom. The molecular weight excluding hydrogens is 258 g/mol. The van der Waals surface area contributed by atoms with E-state index in [1.807, 2.05) is 12.1 Å². The number of thiophene rings is 1. The SMILES string of the molecule is Oc1csc(-c2ccc(Br)s2)n1. The Labute approximate surface area is 85.7 Å². The van der Waals surface area contributed by atoms with Crippen LogP contribution in [0, 0.1) is 0 Å². The van der Waals surface area contributed by atoms with Gasteiger partial charge in [-0.1, -0.05) is 0 Å². The van der Waals surface area contributed by atoms with E-state index in [2.05, 4.69) is 20.9 Å². The van der Waals surface area contributed by atoms with E-state index < -0.39 is 0 Å². The Hall–Kier alpha value is -0.390. The molecule has 0 saturated carbocycles. The second-order valence-electron chi connectivity index (χ2n) is 2.11. The number of nitrogens with zero attached hydrogens (tertiary/aromatic N) is 1. The summed E-state index contributed by atoms with van der Waals surface area (Å²) >= 11 is 6.42. The van der Waals surface area contributed by atoms with E-state index in [0.717, 1.165) is 13.7 Å². The molecule has 62 valence electrons. The smallest absolute Gasteiger partial charge is 0.222 e. The molecule has 2 rings (SSSR count). The molecule has 2 nitrogen and oxygen atoms in total. The molecule has 0 saturated heterocycles. The van der Waals surface area contributed by atoms with Gasteiger partial charge in [0.1, 0.15) is 5.01 Å². The fourth-order valence-corrected chi connectivity index (χ4v) is 2.95. The molecule has 5 heteroatoms. The van der Waals surface area contributed by atoms with E-state index in [-0.39, 0.29) is 5.88 Å². The minimum absolute atomic E-state index is 0.0968. The van der Waals surface area contributed by atoms with Crippen molar-refractivity contribution in [3.8, 4) is 15.8 Å². The fraction of sp³-hybridized carbons (Fsp3) is 0. The molecule has 2 heterocycles. The van der Waals surface area contributed by atoms with Gasteiger partial charge >= 0.3 is 0 Å². The van der Waals surface area contributed by atoms with E-state index in [1.165, 1.54) is 11.3 Å². The van der Waals surface area contributed by atoms with Gasteiger partial charge in [0.2, 0.25) is 5.88 Å². The van der Waals surface area contributed by atoms with E-state index in [0.29, 0.717) is 0 Å². The predicted molar refractivity (Wildman–Crippen MR) is 54.8 cm³/mol. The Balaban J connectivity index is 2.43. The molecule has 0 amide bonds. The van der Waals surface area contributed by atoms with Crippen LogP contribution < -0.4 is 0 Å². The van der Waals surface area contributed by atoms with Gasteiger partial charge in [-0.3, -0.25) is 0 Å². The maximum Gasteiger partial charge on any atom is 0.222 e. The topological polar surface area (TPSA) is 33.1 Å². The zero-order chi connectivity index (χ0) is 8.55. The number of hydrogen-bond acceptors (Lipinski definition) is 4. The average molecular weight is 262 g/mol. The molecule has 1 N–H and O–H groups in total. The predicted octanol–water partition coefficient (Wildman–Crippen LogP) is 3.34. The first-order valence-electron chi connectivity index (χ1n) is 3.16. The van der Waals surface area contributed by atoms with E-state index in [9.17, 15) is 0 Å². The van der Waals surface area contributed by atoms with Gasteiger partial charge in [0.25, 0.3) is 0 Å². The van der Waals surface area contributed by atoms with Crippen molar-refractivity contribution in [2.75, 3.05) is 0 Å².